The van der Waals surface area contributed by atoms with Crippen LogP contribution in [0, 0.1) is 6.92 Å². The molecule has 0 aliphatic carbocycles. The van der Waals surface area contributed by atoms with Crippen LogP contribution < -0.4 is 11.3 Å². The van der Waals surface area contributed by atoms with Gasteiger partial charge in [0.25, 0.3) is 0 Å². The second kappa shape index (κ2) is 5.56. The zero-order chi connectivity index (χ0) is 13.9. The molecule has 1 aliphatic rings. The average Bonchev–Trinajstić information content (AvgIpc) is 2.49. The summed E-state index contributed by atoms with van der Waals surface area (Å²) in [5.41, 5.74) is 7.13. The number of nitrogens with one attached hydrogen (secondary N) is 1. The highest BCUT2D eigenvalue weighted by Gasteiger charge is 2.17. The number of anilines is 1. The van der Waals surface area contributed by atoms with Gasteiger partial charge in [0.2, 0.25) is 0 Å². The van der Waals surface area contributed by atoms with E-state index in [1.807, 2.05) is 0 Å². The number of nitrogens with zero attached hydrogens (tertiary/aromatic N) is 2. The van der Waals surface area contributed by atoms with E-state index in [0.717, 1.165) is 23.5 Å². The molecule has 3 N–H and O–H groups in total. The zero-order valence-corrected chi connectivity index (χ0v) is 11.5. The van der Waals surface area contributed by atoms with Crippen LogP contribution in [-0.2, 0) is 24.2 Å². The van der Waals surface area contributed by atoms with Crippen LogP contribution >= 0.6 is 0 Å². The van der Waals surface area contributed by atoms with E-state index in [0.29, 0.717) is 25.5 Å². The number of nitrogen functional groups attached to an aromatic ring is 1. The topological polar surface area (TPSA) is 73.1 Å². The van der Waals surface area contributed by atoms with E-state index in [4.69, 9.17) is 10.6 Å². The Morgan fingerprint density at radius 1 is 1.25 bits per heavy atom. The summed E-state index contributed by atoms with van der Waals surface area (Å²) in [6.45, 7) is 3.31. The van der Waals surface area contributed by atoms with Crippen molar-refractivity contribution < 1.29 is 4.74 Å². The smallest absolute Gasteiger partial charge is 0.149 e. The second-order valence-corrected chi connectivity index (χ2v) is 5.02. The molecule has 1 aromatic carbocycles. The minimum absolute atomic E-state index is 0.527. The number of hydrogen-bond acceptors (Lipinski definition) is 5. The Morgan fingerprint density at radius 2 is 2.05 bits per heavy atom. The Labute approximate surface area is 118 Å². The lowest BCUT2D eigenvalue weighted by atomic mass is 10.1. The maximum Gasteiger partial charge on any atom is 0.149 e. The first-order valence-corrected chi connectivity index (χ1v) is 6.75. The van der Waals surface area contributed by atoms with Gasteiger partial charge in [-0.25, -0.2) is 15.8 Å². The Balaban J connectivity index is 1.91. The van der Waals surface area contributed by atoms with E-state index in [2.05, 4.69) is 46.6 Å². The van der Waals surface area contributed by atoms with Crippen LogP contribution in [0.4, 0.5) is 5.82 Å². The maximum atomic E-state index is 5.56. The van der Waals surface area contributed by atoms with Gasteiger partial charge in [-0.1, -0.05) is 29.8 Å². The molecule has 0 atom stereocenters. The summed E-state index contributed by atoms with van der Waals surface area (Å²) < 4.78 is 5.43. The predicted molar refractivity (Wildman–Crippen MR) is 77.2 cm³/mol. The van der Waals surface area contributed by atoms with Crippen molar-refractivity contribution in [1.29, 1.82) is 0 Å². The second-order valence-electron chi connectivity index (χ2n) is 5.02. The summed E-state index contributed by atoms with van der Waals surface area (Å²) in [5, 5.41) is 0. The number of hydrogen-bond donors (Lipinski definition) is 2. The zero-order valence-electron chi connectivity index (χ0n) is 11.5. The fourth-order valence-corrected chi connectivity index (χ4v) is 2.37. The van der Waals surface area contributed by atoms with Gasteiger partial charge in [-0.05, 0) is 12.5 Å². The lowest BCUT2D eigenvalue weighted by molar-refractivity contribution is 0.109. The lowest BCUT2D eigenvalue weighted by Gasteiger charge is -2.19. The summed E-state index contributed by atoms with van der Waals surface area (Å²) in [6, 6.07) is 8.42. The molecule has 0 saturated carbocycles. The van der Waals surface area contributed by atoms with Gasteiger partial charge in [-0.3, -0.25) is 0 Å². The Hall–Kier alpha value is -1.98. The van der Waals surface area contributed by atoms with Gasteiger partial charge in [0.1, 0.15) is 11.6 Å². The Morgan fingerprint density at radius 3 is 2.80 bits per heavy atom. The fraction of sp³-hybridized carbons (Fsp3) is 0.333. The van der Waals surface area contributed by atoms with Crippen LogP contribution in [0.1, 0.15) is 28.2 Å². The molecule has 20 heavy (non-hydrogen) atoms. The van der Waals surface area contributed by atoms with Crippen molar-refractivity contribution in [2.75, 3.05) is 12.0 Å². The molecular formula is C15H18N4O. The van der Waals surface area contributed by atoms with Crippen LogP contribution in [-0.4, -0.2) is 16.6 Å². The molecule has 0 amide bonds. The molecule has 0 saturated heterocycles. The van der Waals surface area contributed by atoms with E-state index in [9.17, 15) is 0 Å². The molecule has 2 heterocycles. The summed E-state index contributed by atoms with van der Waals surface area (Å²) in [4.78, 5) is 9.15. The van der Waals surface area contributed by atoms with E-state index < -0.39 is 0 Å². The fourth-order valence-electron chi connectivity index (χ4n) is 2.37. The molecule has 2 aromatic rings. The van der Waals surface area contributed by atoms with Gasteiger partial charge in [0, 0.05) is 18.4 Å². The molecular weight excluding hydrogens is 252 g/mol. The predicted octanol–water partition coefficient (Wildman–Crippen LogP) is 1.73. The highest BCUT2D eigenvalue weighted by molar-refractivity contribution is 5.46. The van der Waals surface area contributed by atoms with Gasteiger partial charge in [-0.2, -0.15) is 0 Å². The van der Waals surface area contributed by atoms with E-state index in [-0.39, 0.29) is 0 Å². The first-order chi connectivity index (χ1) is 9.76. The van der Waals surface area contributed by atoms with Crippen molar-refractivity contribution in [2.24, 2.45) is 5.84 Å². The van der Waals surface area contributed by atoms with Crippen molar-refractivity contribution >= 4 is 5.82 Å². The summed E-state index contributed by atoms with van der Waals surface area (Å²) >= 11 is 0. The van der Waals surface area contributed by atoms with E-state index in [1.165, 1.54) is 11.1 Å². The SMILES string of the molecule is Cc1ccc(Cc2nc3c(c(NN)n2)COCC3)cc1. The van der Waals surface area contributed by atoms with Crippen LogP contribution in [0.25, 0.3) is 0 Å². The highest BCUT2D eigenvalue weighted by Crippen LogP contribution is 2.22. The van der Waals surface area contributed by atoms with Crippen LogP contribution in [0.15, 0.2) is 24.3 Å². The standard InChI is InChI=1S/C15H18N4O/c1-10-2-4-11(5-3-10)8-14-17-13-6-7-20-9-12(13)15(18-14)19-16/h2-5H,6-9,16H2,1H3,(H,17,18,19). The minimum atomic E-state index is 0.527. The molecule has 0 spiro atoms. The van der Waals surface area contributed by atoms with Gasteiger partial charge >= 0.3 is 0 Å². The van der Waals surface area contributed by atoms with Gasteiger partial charge in [0.15, 0.2) is 0 Å². The molecule has 0 bridgehead atoms. The van der Waals surface area contributed by atoms with Crippen LogP contribution in [0.3, 0.4) is 0 Å². The number of rotatable bonds is 3. The van der Waals surface area contributed by atoms with Gasteiger partial charge in [0.05, 0.1) is 18.9 Å². The van der Waals surface area contributed by atoms with Crippen molar-refractivity contribution in [2.45, 2.75) is 26.4 Å². The third-order valence-corrected chi connectivity index (χ3v) is 3.49. The monoisotopic (exact) mass is 270 g/mol. The number of aromatic nitrogens is 2. The van der Waals surface area contributed by atoms with Gasteiger partial charge < -0.3 is 10.2 Å². The molecule has 0 radical (unpaired) electrons. The molecule has 0 unspecified atom stereocenters. The highest BCUT2D eigenvalue weighted by atomic mass is 16.5. The first kappa shape index (κ1) is 13.0. The van der Waals surface area contributed by atoms with E-state index in [1.54, 1.807) is 0 Å². The molecule has 5 heteroatoms. The number of fused-ring (bicyclic) bond motifs is 1. The first-order valence-electron chi connectivity index (χ1n) is 6.75. The minimum Gasteiger partial charge on any atom is -0.376 e. The quantitative estimate of drug-likeness (QED) is 0.656. The van der Waals surface area contributed by atoms with Crippen molar-refractivity contribution in [3.63, 3.8) is 0 Å². The number of nitrogens with two attached hydrogens (primary N) is 1. The molecule has 104 valence electrons. The average molecular weight is 270 g/mol. The Kier molecular flexibility index (Phi) is 3.62. The summed E-state index contributed by atoms with van der Waals surface area (Å²) in [5.74, 6) is 7.03. The largest absolute Gasteiger partial charge is 0.376 e. The number of aryl methyl sites for hydroxylation is 1. The van der Waals surface area contributed by atoms with Gasteiger partial charge in [-0.15, -0.1) is 0 Å². The van der Waals surface area contributed by atoms with Crippen molar-refractivity contribution in [1.82, 2.24) is 9.97 Å². The third kappa shape index (κ3) is 2.64. The third-order valence-electron chi connectivity index (χ3n) is 3.49. The maximum absolute atomic E-state index is 5.56. The van der Waals surface area contributed by atoms with Crippen molar-refractivity contribution in [3.8, 4) is 0 Å². The van der Waals surface area contributed by atoms with Crippen LogP contribution in [0.5, 0.6) is 0 Å². The molecule has 0 fully saturated rings. The number of ether oxygens (including phenoxy) is 1. The van der Waals surface area contributed by atoms with Crippen molar-refractivity contribution in [3.05, 3.63) is 52.5 Å². The normalized spacial score (nSPS) is 13.9. The van der Waals surface area contributed by atoms with E-state index >= 15 is 0 Å². The molecule has 1 aliphatic heterocycles. The molecule has 3 rings (SSSR count). The Bertz CT molecular complexity index is 593. The summed E-state index contributed by atoms with van der Waals surface area (Å²) in [7, 11) is 0. The summed E-state index contributed by atoms with van der Waals surface area (Å²) in [6.07, 6.45) is 1.52. The number of hydrazine groups is 1. The number of benzene rings is 1. The molecule has 1 aromatic heterocycles. The van der Waals surface area contributed by atoms with Crippen LogP contribution in [0.2, 0.25) is 0 Å². The molecule has 5 nitrogen and oxygen atoms in total. The lowest BCUT2D eigenvalue weighted by Crippen LogP contribution is -2.20.